The predicted octanol–water partition coefficient (Wildman–Crippen LogP) is 2.00. The summed E-state index contributed by atoms with van der Waals surface area (Å²) in [7, 11) is 0. The van der Waals surface area contributed by atoms with Crippen molar-refractivity contribution in [3.8, 4) is 0 Å². The summed E-state index contributed by atoms with van der Waals surface area (Å²) in [5.74, 6) is -0.484. The van der Waals surface area contributed by atoms with E-state index in [4.69, 9.17) is 0 Å². The average molecular weight is 216 g/mol. The van der Waals surface area contributed by atoms with Crippen LogP contribution in [0.25, 0.3) is 0 Å². The van der Waals surface area contributed by atoms with Gasteiger partial charge in [-0.25, -0.2) is 0 Å². The van der Waals surface area contributed by atoms with E-state index in [1.807, 2.05) is 0 Å². The van der Waals surface area contributed by atoms with Crippen molar-refractivity contribution in [2.24, 2.45) is 0 Å². The number of ketones is 1. The lowest BCUT2D eigenvalue weighted by molar-refractivity contribution is 0.0520. The Morgan fingerprint density at radius 3 is 2.56 bits per heavy atom. The molecule has 0 aliphatic heterocycles. The van der Waals surface area contributed by atoms with Gasteiger partial charge in [0.15, 0.2) is 11.4 Å². The summed E-state index contributed by atoms with van der Waals surface area (Å²) in [6.45, 7) is 0. The molecule has 0 spiro atoms. The molecular weight excluding hydrogens is 204 g/mol. The Balaban J connectivity index is 2.33. The van der Waals surface area contributed by atoms with Crippen LogP contribution in [0.2, 0.25) is 0 Å². The quantitative estimate of drug-likeness (QED) is 0.743. The van der Waals surface area contributed by atoms with E-state index < -0.39 is 11.4 Å². The smallest absolute Gasteiger partial charge is 0.198 e. The zero-order valence-electron chi connectivity index (χ0n) is 8.63. The molecule has 1 aromatic rings. The standard InChI is InChI=1S/C13H12O3/c14-11-7-4-8-13(16,9-11)12(15)10-5-2-1-3-6-10/h1-7,9,14,16H,8H2. The lowest BCUT2D eigenvalue weighted by atomic mass is 9.86. The van der Waals surface area contributed by atoms with Crippen LogP contribution in [0.4, 0.5) is 0 Å². The van der Waals surface area contributed by atoms with E-state index in [0.29, 0.717) is 5.56 Å². The fraction of sp³-hybridized carbons (Fsp3) is 0.154. The second-order valence-corrected chi connectivity index (χ2v) is 3.80. The third kappa shape index (κ3) is 1.90. The van der Waals surface area contributed by atoms with Gasteiger partial charge in [0, 0.05) is 12.0 Å². The van der Waals surface area contributed by atoms with Gasteiger partial charge in [0.25, 0.3) is 0 Å². The number of benzene rings is 1. The second kappa shape index (κ2) is 3.94. The summed E-state index contributed by atoms with van der Waals surface area (Å²) in [6.07, 6.45) is 4.41. The normalized spacial score (nSPS) is 23.9. The van der Waals surface area contributed by atoms with E-state index in [1.165, 1.54) is 12.2 Å². The number of carbonyl (C=O) groups excluding carboxylic acids is 1. The van der Waals surface area contributed by atoms with Crippen LogP contribution in [0.5, 0.6) is 0 Å². The van der Waals surface area contributed by atoms with Gasteiger partial charge in [0.2, 0.25) is 0 Å². The molecule has 1 aromatic carbocycles. The number of hydrogen-bond acceptors (Lipinski definition) is 3. The minimum Gasteiger partial charge on any atom is -0.508 e. The van der Waals surface area contributed by atoms with Gasteiger partial charge in [-0.05, 0) is 12.2 Å². The molecule has 0 radical (unpaired) electrons. The molecule has 0 fully saturated rings. The van der Waals surface area contributed by atoms with Crippen molar-refractivity contribution in [2.75, 3.05) is 0 Å². The largest absolute Gasteiger partial charge is 0.508 e. The first kappa shape index (κ1) is 10.6. The molecule has 3 heteroatoms. The maximum atomic E-state index is 12.0. The van der Waals surface area contributed by atoms with Gasteiger partial charge in [-0.1, -0.05) is 36.4 Å². The number of carbonyl (C=O) groups is 1. The van der Waals surface area contributed by atoms with Crippen LogP contribution in [0.15, 0.2) is 54.3 Å². The molecule has 2 rings (SSSR count). The van der Waals surface area contributed by atoms with Crippen LogP contribution in [0.1, 0.15) is 16.8 Å². The van der Waals surface area contributed by atoms with Gasteiger partial charge >= 0.3 is 0 Å². The van der Waals surface area contributed by atoms with Gasteiger partial charge in [0.1, 0.15) is 5.76 Å². The SMILES string of the molecule is O=C(c1ccccc1)C1(O)C=C(O)C=CC1. The fourth-order valence-corrected chi connectivity index (χ4v) is 1.71. The summed E-state index contributed by atoms with van der Waals surface area (Å²) in [6, 6.07) is 8.56. The predicted molar refractivity (Wildman–Crippen MR) is 60.2 cm³/mol. The molecule has 2 N–H and O–H groups in total. The maximum absolute atomic E-state index is 12.0. The summed E-state index contributed by atoms with van der Waals surface area (Å²) < 4.78 is 0. The molecule has 1 unspecified atom stereocenters. The van der Waals surface area contributed by atoms with Crippen LogP contribution in [-0.4, -0.2) is 21.6 Å². The van der Waals surface area contributed by atoms with Gasteiger partial charge in [0.05, 0.1) is 0 Å². The molecular formula is C13H12O3. The minimum atomic E-state index is -1.62. The highest BCUT2D eigenvalue weighted by atomic mass is 16.3. The first-order chi connectivity index (χ1) is 7.62. The molecule has 0 saturated carbocycles. The number of aliphatic hydroxyl groups excluding tert-OH is 1. The molecule has 1 aliphatic carbocycles. The highest BCUT2D eigenvalue weighted by Crippen LogP contribution is 2.24. The zero-order valence-corrected chi connectivity index (χ0v) is 8.63. The molecule has 1 aliphatic rings. The van der Waals surface area contributed by atoms with Crippen molar-refractivity contribution in [2.45, 2.75) is 12.0 Å². The lowest BCUT2D eigenvalue weighted by Gasteiger charge is -2.24. The summed E-state index contributed by atoms with van der Waals surface area (Å²) in [5, 5.41) is 19.4. The Morgan fingerprint density at radius 1 is 1.25 bits per heavy atom. The van der Waals surface area contributed by atoms with Crippen molar-refractivity contribution < 1.29 is 15.0 Å². The first-order valence-corrected chi connectivity index (χ1v) is 5.02. The molecule has 0 saturated heterocycles. The summed E-state index contributed by atoms with van der Waals surface area (Å²) in [4.78, 5) is 12.0. The molecule has 0 aromatic heterocycles. The Labute approximate surface area is 93.4 Å². The molecule has 1 atom stereocenters. The molecule has 0 heterocycles. The second-order valence-electron chi connectivity index (χ2n) is 3.80. The molecule has 3 nitrogen and oxygen atoms in total. The number of allylic oxidation sites excluding steroid dienone is 1. The van der Waals surface area contributed by atoms with Crippen LogP contribution in [0, 0.1) is 0 Å². The van der Waals surface area contributed by atoms with Crippen molar-refractivity contribution in [3.63, 3.8) is 0 Å². The third-order valence-corrected chi connectivity index (χ3v) is 2.53. The Bertz CT molecular complexity index is 459. The number of rotatable bonds is 2. The number of aliphatic hydroxyl groups is 2. The van der Waals surface area contributed by atoms with Gasteiger partial charge in [-0.2, -0.15) is 0 Å². The van der Waals surface area contributed by atoms with E-state index in [0.717, 1.165) is 0 Å². The lowest BCUT2D eigenvalue weighted by Crippen LogP contribution is -2.37. The van der Waals surface area contributed by atoms with Crippen molar-refractivity contribution in [3.05, 3.63) is 59.9 Å². The van der Waals surface area contributed by atoms with Crippen LogP contribution in [0.3, 0.4) is 0 Å². The van der Waals surface area contributed by atoms with Gasteiger partial charge < -0.3 is 10.2 Å². The molecule has 0 amide bonds. The topological polar surface area (TPSA) is 57.5 Å². The Morgan fingerprint density at radius 2 is 1.94 bits per heavy atom. The Kier molecular flexibility index (Phi) is 2.62. The highest BCUT2D eigenvalue weighted by molar-refractivity contribution is 6.04. The molecule has 0 bridgehead atoms. The fourth-order valence-electron chi connectivity index (χ4n) is 1.71. The van der Waals surface area contributed by atoms with Gasteiger partial charge in [-0.15, -0.1) is 0 Å². The van der Waals surface area contributed by atoms with Crippen molar-refractivity contribution >= 4 is 5.78 Å². The first-order valence-electron chi connectivity index (χ1n) is 5.02. The van der Waals surface area contributed by atoms with E-state index >= 15 is 0 Å². The van der Waals surface area contributed by atoms with Crippen LogP contribution >= 0.6 is 0 Å². The van der Waals surface area contributed by atoms with E-state index in [1.54, 1.807) is 36.4 Å². The number of hydrogen-bond donors (Lipinski definition) is 2. The van der Waals surface area contributed by atoms with Crippen LogP contribution < -0.4 is 0 Å². The average Bonchev–Trinajstić information content (AvgIpc) is 2.29. The minimum absolute atomic E-state index is 0.0852. The molecule has 16 heavy (non-hydrogen) atoms. The van der Waals surface area contributed by atoms with Crippen molar-refractivity contribution in [1.29, 1.82) is 0 Å². The Hall–Kier alpha value is -1.87. The third-order valence-electron chi connectivity index (χ3n) is 2.53. The van der Waals surface area contributed by atoms with E-state index in [2.05, 4.69) is 0 Å². The summed E-state index contributed by atoms with van der Waals surface area (Å²) >= 11 is 0. The number of Topliss-reactive ketones (excluding diaryl/α,β-unsaturated/α-hetero) is 1. The van der Waals surface area contributed by atoms with Gasteiger partial charge in [-0.3, -0.25) is 4.79 Å². The van der Waals surface area contributed by atoms with Crippen molar-refractivity contribution in [1.82, 2.24) is 0 Å². The van der Waals surface area contributed by atoms with E-state index in [-0.39, 0.29) is 12.2 Å². The highest BCUT2D eigenvalue weighted by Gasteiger charge is 2.35. The molecule has 82 valence electrons. The monoisotopic (exact) mass is 216 g/mol. The summed E-state index contributed by atoms with van der Waals surface area (Å²) in [5.41, 5.74) is -1.19. The van der Waals surface area contributed by atoms with Crippen LogP contribution in [-0.2, 0) is 0 Å². The van der Waals surface area contributed by atoms with E-state index in [9.17, 15) is 15.0 Å². The zero-order chi connectivity index (χ0) is 11.6. The maximum Gasteiger partial charge on any atom is 0.198 e.